The fourth-order valence-corrected chi connectivity index (χ4v) is 3.28. The molecule has 1 aliphatic carbocycles. The number of aromatic nitrogens is 2. The molecule has 3 rings (SSSR count). The van der Waals surface area contributed by atoms with Crippen LogP contribution in [0.2, 0.25) is 0 Å². The molecule has 0 aromatic carbocycles. The van der Waals surface area contributed by atoms with E-state index in [9.17, 15) is 4.79 Å². The van der Waals surface area contributed by atoms with Gasteiger partial charge in [-0.3, -0.25) is 0 Å². The van der Waals surface area contributed by atoms with Gasteiger partial charge < -0.3 is 15.4 Å². The van der Waals surface area contributed by atoms with Gasteiger partial charge in [-0.05, 0) is 37.3 Å². The topological polar surface area (TPSA) is 76.1 Å². The summed E-state index contributed by atoms with van der Waals surface area (Å²) in [4.78, 5) is 20.2. The Kier molecular flexibility index (Phi) is 6.01. The maximum Gasteiger partial charge on any atom is 0.315 e. The number of urea groups is 1. The van der Waals surface area contributed by atoms with Crippen LogP contribution in [0.4, 0.5) is 4.79 Å². The van der Waals surface area contributed by atoms with E-state index in [0.29, 0.717) is 19.0 Å². The number of nitrogens with zero attached hydrogens (tertiary/aromatic N) is 2. The zero-order valence-corrected chi connectivity index (χ0v) is 14.3. The van der Waals surface area contributed by atoms with E-state index < -0.39 is 0 Å². The van der Waals surface area contributed by atoms with Gasteiger partial charge in [0.05, 0.1) is 17.7 Å². The molecule has 2 aromatic heterocycles. The van der Waals surface area contributed by atoms with E-state index in [0.717, 1.165) is 24.1 Å². The van der Waals surface area contributed by atoms with Gasteiger partial charge in [0.1, 0.15) is 6.10 Å². The first-order valence-corrected chi connectivity index (χ1v) is 9.24. The molecule has 1 aliphatic rings. The van der Waals surface area contributed by atoms with Crippen molar-refractivity contribution in [1.82, 2.24) is 20.6 Å². The molecule has 0 spiro atoms. The molecule has 0 saturated heterocycles. The maximum absolute atomic E-state index is 11.8. The first-order valence-electron chi connectivity index (χ1n) is 8.30. The van der Waals surface area contributed by atoms with E-state index >= 15 is 0 Å². The van der Waals surface area contributed by atoms with Crippen LogP contribution in [0.15, 0.2) is 29.2 Å². The fourth-order valence-electron chi connectivity index (χ4n) is 2.72. The Balaban J connectivity index is 1.44. The predicted octanol–water partition coefficient (Wildman–Crippen LogP) is 3.25. The summed E-state index contributed by atoms with van der Waals surface area (Å²) in [6, 6.07) is 3.57. The molecule has 0 atom stereocenters. The molecular weight excluding hydrogens is 324 g/mol. The third-order valence-corrected chi connectivity index (χ3v) is 4.64. The minimum atomic E-state index is -0.213. The maximum atomic E-state index is 11.8. The van der Waals surface area contributed by atoms with Crippen LogP contribution in [0, 0.1) is 0 Å². The Morgan fingerprint density at radius 2 is 2.04 bits per heavy atom. The number of pyridine rings is 1. The van der Waals surface area contributed by atoms with Gasteiger partial charge in [-0.2, -0.15) is 0 Å². The smallest absolute Gasteiger partial charge is 0.315 e. The van der Waals surface area contributed by atoms with Crippen molar-refractivity contribution in [3.8, 4) is 5.88 Å². The summed E-state index contributed by atoms with van der Waals surface area (Å²) in [5.74, 6) is 0.643. The monoisotopic (exact) mass is 346 g/mol. The number of thiazole rings is 1. The lowest BCUT2D eigenvalue weighted by Crippen LogP contribution is -2.34. The minimum absolute atomic E-state index is 0.213. The molecule has 0 bridgehead atoms. The highest BCUT2D eigenvalue weighted by Crippen LogP contribution is 2.22. The number of carbonyl (C=O) groups excluding carboxylic acids is 1. The second-order valence-electron chi connectivity index (χ2n) is 5.90. The number of hydrogen-bond acceptors (Lipinski definition) is 5. The Morgan fingerprint density at radius 1 is 1.21 bits per heavy atom. The first kappa shape index (κ1) is 16.7. The van der Waals surface area contributed by atoms with E-state index in [1.807, 2.05) is 17.5 Å². The van der Waals surface area contributed by atoms with Gasteiger partial charge in [-0.1, -0.05) is 6.42 Å². The number of amides is 2. The van der Waals surface area contributed by atoms with Crippen LogP contribution >= 0.6 is 11.3 Å². The third-order valence-electron chi connectivity index (χ3n) is 4.01. The number of nitrogens with one attached hydrogen (secondary N) is 2. The van der Waals surface area contributed by atoms with Crippen molar-refractivity contribution in [2.45, 2.75) is 51.3 Å². The highest BCUT2D eigenvalue weighted by atomic mass is 32.1. The molecule has 2 aromatic rings. The number of rotatable bonds is 6. The first-order chi connectivity index (χ1) is 11.8. The second kappa shape index (κ2) is 8.63. The molecule has 2 heterocycles. The molecular formula is C17H22N4O2S. The van der Waals surface area contributed by atoms with Crippen molar-refractivity contribution in [3.05, 3.63) is 40.5 Å². The van der Waals surface area contributed by atoms with Crippen LogP contribution in [-0.2, 0) is 13.1 Å². The van der Waals surface area contributed by atoms with Gasteiger partial charge in [0.15, 0.2) is 0 Å². The summed E-state index contributed by atoms with van der Waals surface area (Å²) in [6.07, 6.45) is 7.95. The van der Waals surface area contributed by atoms with Crippen LogP contribution in [-0.4, -0.2) is 22.1 Å². The van der Waals surface area contributed by atoms with E-state index in [-0.39, 0.29) is 12.1 Å². The summed E-state index contributed by atoms with van der Waals surface area (Å²) in [6.45, 7) is 0.869. The van der Waals surface area contributed by atoms with Crippen molar-refractivity contribution in [2.24, 2.45) is 0 Å². The van der Waals surface area contributed by atoms with Gasteiger partial charge in [0.25, 0.3) is 0 Å². The van der Waals surface area contributed by atoms with Gasteiger partial charge in [0, 0.05) is 24.2 Å². The van der Waals surface area contributed by atoms with E-state index in [2.05, 4.69) is 20.6 Å². The number of hydrogen-bond donors (Lipinski definition) is 2. The van der Waals surface area contributed by atoms with E-state index in [1.165, 1.54) is 30.6 Å². The molecule has 0 aliphatic heterocycles. The standard InChI is InChI=1S/C17H22N4O2S/c22-17(20-10-14-11-24-12-21-14)19-9-13-6-7-18-16(8-13)23-15-4-2-1-3-5-15/h6-8,11-12,15H,1-5,9-10H2,(H2,19,20,22). The molecule has 2 N–H and O–H groups in total. The van der Waals surface area contributed by atoms with Crippen molar-refractivity contribution >= 4 is 17.4 Å². The number of carbonyl (C=O) groups is 1. The Bertz CT molecular complexity index is 642. The lowest BCUT2D eigenvalue weighted by atomic mass is 9.98. The molecule has 7 heteroatoms. The quantitative estimate of drug-likeness (QED) is 0.842. The van der Waals surface area contributed by atoms with Crippen LogP contribution in [0.1, 0.15) is 43.4 Å². The van der Waals surface area contributed by atoms with Gasteiger partial charge in [0.2, 0.25) is 5.88 Å². The zero-order chi connectivity index (χ0) is 16.6. The highest BCUT2D eigenvalue weighted by molar-refractivity contribution is 7.07. The molecule has 2 amide bonds. The second-order valence-corrected chi connectivity index (χ2v) is 6.61. The summed E-state index contributed by atoms with van der Waals surface area (Å²) in [7, 11) is 0. The average molecular weight is 346 g/mol. The molecule has 128 valence electrons. The summed E-state index contributed by atoms with van der Waals surface area (Å²) in [5.41, 5.74) is 3.58. The minimum Gasteiger partial charge on any atom is -0.474 e. The van der Waals surface area contributed by atoms with Crippen molar-refractivity contribution in [3.63, 3.8) is 0 Å². The summed E-state index contributed by atoms with van der Waals surface area (Å²) < 4.78 is 5.95. The van der Waals surface area contributed by atoms with Crippen molar-refractivity contribution in [1.29, 1.82) is 0 Å². The van der Waals surface area contributed by atoms with Gasteiger partial charge in [-0.15, -0.1) is 11.3 Å². The molecule has 0 radical (unpaired) electrons. The lowest BCUT2D eigenvalue weighted by Gasteiger charge is -2.22. The van der Waals surface area contributed by atoms with E-state index in [1.54, 1.807) is 11.7 Å². The van der Waals surface area contributed by atoms with Gasteiger partial charge >= 0.3 is 6.03 Å². The SMILES string of the molecule is O=C(NCc1ccnc(OC2CCCCC2)c1)NCc1cscn1. The average Bonchev–Trinajstić information content (AvgIpc) is 3.13. The largest absolute Gasteiger partial charge is 0.474 e. The normalized spacial score (nSPS) is 15.0. The molecule has 24 heavy (non-hydrogen) atoms. The highest BCUT2D eigenvalue weighted by Gasteiger charge is 2.15. The predicted molar refractivity (Wildman–Crippen MR) is 92.9 cm³/mol. The Hall–Kier alpha value is -2.15. The Labute approximate surface area is 145 Å². The molecule has 0 unspecified atom stereocenters. The zero-order valence-electron chi connectivity index (χ0n) is 13.5. The Morgan fingerprint density at radius 3 is 2.83 bits per heavy atom. The van der Waals surface area contributed by atoms with Crippen molar-refractivity contribution < 1.29 is 9.53 Å². The van der Waals surface area contributed by atoms with Crippen LogP contribution < -0.4 is 15.4 Å². The fraction of sp³-hybridized carbons (Fsp3) is 0.471. The lowest BCUT2D eigenvalue weighted by molar-refractivity contribution is 0.148. The van der Waals surface area contributed by atoms with Gasteiger partial charge in [-0.25, -0.2) is 14.8 Å². The molecule has 1 fully saturated rings. The van der Waals surface area contributed by atoms with E-state index in [4.69, 9.17) is 4.74 Å². The van der Waals surface area contributed by atoms with Crippen LogP contribution in [0.5, 0.6) is 5.88 Å². The molecule has 6 nitrogen and oxygen atoms in total. The van der Waals surface area contributed by atoms with Crippen molar-refractivity contribution in [2.75, 3.05) is 0 Å². The summed E-state index contributed by atoms with van der Waals surface area (Å²) in [5, 5.41) is 7.53. The van der Waals surface area contributed by atoms with Crippen LogP contribution in [0.25, 0.3) is 0 Å². The molecule has 1 saturated carbocycles. The third kappa shape index (κ3) is 5.19. The summed E-state index contributed by atoms with van der Waals surface area (Å²) >= 11 is 1.51. The van der Waals surface area contributed by atoms with Crippen LogP contribution in [0.3, 0.4) is 0 Å². The number of ether oxygens (including phenoxy) is 1.